The van der Waals surface area contributed by atoms with Crippen LogP contribution in [0.4, 0.5) is 5.69 Å². The minimum atomic E-state index is -0.236. The van der Waals surface area contributed by atoms with Crippen LogP contribution in [0.2, 0.25) is 5.02 Å². The molecular weight excluding hydrogens is 457 g/mol. The van der Waals surface area contributed by atoms with E-state index in [2.05, 4.69) is 37.2 Å². The first-order valence-corrected chi connectivity index (χ1v) is 9.05. The predicted molar refractivity (Wildman–Crippen MR) is 105 cm³/mol. The molecule has 0 aliphatic carbocycles. The summed E-state index contributed by atoms with van der Waals surface area (Å²) in [5.74, 6) is 0.385. The predicted octanol–water partition coefficient (Wildman–Crippen LogP) is 6.04. The highest BCUT2D eigenvalue weighted by Gasteiger charge is 2.09. The van der Waals surface area contributed by atoms with Crippen molar-refractivity contribution in [2.75, 3.05) is 11.9 Å². The standard InChI is InChI=1S/C18H12Br2ClNO2/c19-12-2-7-15-11(9-12)1-8-16(18(15)20)24-10-17(23)22-14-5-3-13(21)4-6-14/h1-9H,10H2,(H,22,23). The second kappa shape index (κ2) is 7.55. The van der Waals surface area contributed by atoms with Crippen molar-refractivity contribution in [2.24, 2.45) is 0 Å². The Morgan fingerprint density at radius 3 is 2.54 bits per heavy atom. The molecule has 0 bridgehead atoms. The van der Waals surface area contributed by atoms with E-state index in [4.69, 9.17) is 16.3 Å². The van der Waals surface area contributed by atoms with Gasteiger partial charge in [-0.05, 0) is 69.2 Å². The molecule has 0 radical (unpaired) electrons. The van der Waals surface area contributed by atoms with E-state index in [1.807, 2.05) is 30.3 Å². The highest BCUT2D eigenvalue weighted by molar-refractivity contribution is 9.11. The summed E-state index contributed by atoms with van der Waals surface area (Å²) >= 11 is 12.8. The van der Waals surface area contributed by atoms with Gasteiger partial charge in [0.2, 0.25) is 0 Å². The number of anilines is 1. The third kappa shape index (κ3) is 4.09. The van der Waals surface area contributed by atoms with Gasteiger partial charge < -0.3 is 10.1 Å². The smallest absolute Gasteiger partial charge is 0.262 e. The van der Waals surface area contributed by atoms with Gasteiger partial charge >= 0.3 is 0 Å². The summed E-state index contributed by atoms with van der Waals surface area (Å²) < 4.78 is 7.47. The van der Waals surface area contributed by atoms with Gasteiger partial charge in [0, 0.05) is 15.2 Å². The van der Waals surface area contributed by atoms with Crippen LogP contribution in [0.5, 0.6) is 5.75 Å². The number of carbonyl (C=O) groups is 1. The minimum Gasteiger partial charge on any atom is -0.483 e. The van der Waals surface area contributed by atoms with Gasteiger partial charge in [-0.25, -0.2) is 0 Å². The van der Waals surface area contributed by atoms with Gasteiger partial charge in [0.05, 0.1) is 4.47 Å². The molecule has 0 unspecified atom stereocenters. The Morgan fingerprint density at radius 2 is 1.79 bits per heavy atom. The highest BCUT2D eigenvalue weighted by atomic mass is 79.9. The monoisotopic (exact) mass is 467 g/mol. The van der Waals surface area contributed by atoms with Crippen LogP contribution in [0.15, 0.2) is 63.5 Å². The molecule has 0 aliphatic rings. The van der Waals surface area contributed by atoms with Crippen molar-refractivity contribution in [2.45, 2.75) is 0 Å². The second-order valence-corrected chi connectivity index (χ2v) is 7.23. The average Bonchev–Trinajstić information content (AvgIpc) is 2.56. The minimum absolute atomic E-state index is 0.0801. The number of amides is 1. The zero-order valence-electron chi connectivity index (χ0n) is 12.4. The SMILES string of the molecule is O=C(COc1ccc2cc(Br)ccc2c1Br)Nc1ccc(Cl)cc1. The lowest BCUT2D eigenvalue weighted by Crippen LogP contribution is -2.20. The molecule has 122 valence electrons. The largest absolute Gasteiger partial charge is 0.483 e. The topological polar surface area (TPSA) is 38.3 Å². The number of carbonyl (C=O) groups excluding carboxylic acids is 1. The number of nitrogens with one attached hydrogen (secondary N) is 1. The average molecular weight is 470 g/mol. The van der Waals surface area contributed by atoms with E-state index in [-0.39, 0.29) is 12.5 Å². The molecule has 0 heterocycles. The Hall–Kier alpha value is -1.56. The quantitative estimate of drug-likeness (QED) is 0.506. The van der Waals surface area contributed by atoms with Gasteiger partial charge in [-0.2, -0.15) is 0 Å². The molecule has 0 aliphatic heterocycles. The van der Waals surface area contributed by atoms with Crippen molar-refractivity contribution >= 4 is 65.8 Å². The molecule has 0 saturated heterocycles. The van der Waals surface area contributed by atoms with Crippen LogP contribution >= 0.6 is 43.5 Å². The fourth-order valence-electron chi connectivity index (χ4n) is 2.23. The summed E-state index contributed by atoms with van der Waals surface area (Å²) in [6.45, 7) is -0.0801. The molecule has 1 N–H and O–H groups in total. The van der Waals surface area contributed by atoms with Crippen LogP contribution in [0.1, 0.15) is 0 Å². The van der Waals surface area contributed by atoms with E-state index in [9.17, 15) is 4.79 Å². The van der Waals surface area contributed by atoms with Crippen LogP contribution in [-0.4, -0.2) is 12.5 Å². The Morgan fingerprint density at radius 1 is 1.04 bits per heavy atom. The summed E-state index contributed by atoms with van der Waals surface area (Å²) in [5.41, 5.74) is 0.676. The number of fused-ring (bicyclic) bond motifs is 1. The summed E-state index contributed by atoms with van der Waals surface area (Å²) in [6.07, 6.45) is 0. The maximum absolute atomic E-state index is 12.0. The lowest BCUT2D eigenvalue weighted by atomic mass is 10.1. The van der Waals surface area contributed by atoms with Crippen molar-refractivity contribution in [3.63, 3.8) is 0 Å². The van der Waals surface area contributed by atoms with E-state index < -0.39 is 0 Å². The maximum atomic E-state index is 12.0. The number of halogens is 3. The van der Waals surface area contributed by atoms with E-state index in [0.29, 0.717) is 16.5 Å². The van der Waals surface area contributed by atoms with Gasteiger partial charge in [-0.1, -0.05) is 39.7 Å². The fraction of sp³-hybridized carbons (Fsp3) is 0.0556. The lowest BCUT2D eigenvalue weighted by Gasteiger charge is -2.11. The number of hydrogen-bond donors (Lipinski definition) is 1. The van der Waals surface area contributed by atoms with E-state index in [1.54, 1.807) is 24.3 Å². The lowest BCUT2D eigenvalue weighted by molar-refractivity contribution is -0.118. The number of benzene rings is 3. The summed E-state index contributed by atoms with van der Waals surface area (Å²) in [4.78, 5) is 12.0. The van der Waals surface area contributed by atoms with Crippen molar-refractivity contribution < 1.29 is 9.53 Å². The molecule has 0 saturated carbocycles. The third-order valence-electron chi connectivity index (χ3n) is 3.37. The first kappa shape index (κ1) is 17.3. The van der Waals surface area contributed by atoms with E-state index >= 15 is 0 Å². The molecule has 3 aromatic rings. The first-order chi connectivity index (χ1) is 11.5. The molecule has 0 atom stereocenters. The Bertz CT molecular complexity index is 897. The van der Waals surface area contributed by atoms with Crippen LogP contribution < -0.4 is 10.1 Å². The maximum Gasteiger partial charge on any atom is 0.262 e. The molecule has 3 rings (SSSR count). The molecule has 0 spiro atoms. The molecule has 1 amide bonds. The first-order valence-electron chi connectivity index (χ1n) is 7.09. The molecule has 6 heteroatoms. The summed E-state index contributed by atoms with van der Waals surface area (Å²) in [5, 5.41) is 5.48. The van der Waals surface area contributed by atoms with Crippen molar-refractivity contribution in [3.8, 4) is 5.75 Å². The van der Waals surface area contributed by atoms with Crippen molar-refractivity contribution in [1.29, 1.82) is 0 Å². The van der Waals surface area contributed by atoms with E-state index in [1.165, 1.54) is 0 Å². The van der Waals surface area contributed by atoms with Crippen LogP contribution in [-0.2, 0) is 4.79 Å². The fourth-order valence-corrected chi connectivity index (χ4v) is 3.34. The van der Waals surface area contributed by atoms with Gasteiger partial charge in [-0.15, -0.1) is 0 Å². The third-order valence-corrected chi connectivity index (χ3v) is 4.93. The molecule has 0 aromatic heterocycles. The Balaban J connectivity index is 1.69. The molecule has 3 nitrogen and oxygen atoms in total. The summed E-state index contributed by atoms with van der Waals surface area (Å²) in [7, 11) is 0. The molecule has 3 aromatic carbocycles. The molecule has 0 fully saturated rings. The molecule has 24 heavy (non-hydrogen) atoms. The van der Waals surface area contributed by atoms with Crippen LogP contribution in [0.3, 0.4) is 0 Å². The van der Waals surface area contributed by atoms with Gasteiger partial charge in [0.25, 0.3) is 5.91 Å². The van der Waals surface area contributed by atoms with Crippen molar-refractivity contribution in [1.82, 2.24) is 0 Å². The van der Waals surface area contributed by atoms with E-state index in [0.717, 1.165) is 19.7 Å². The van der Waals surface area contributed by atoms with Crippen LogP contribution in [0.25, 0.3) is 10.8 Å². The summed E-state index contributed by atoms with van der Waals surface area (Å²) in [6, 6.07) is 16.7. The Kier molecular flexibility index (Phi) is 5.43. The Labute approximate surface area is 161 Å². The van der Waals surface area contributed by atoms with Crippen molar-refractivity contribution in [3.05, 3.63) is 68.6 Å². The number of hydrogen-bond acceptors (Lipinski definition) is 2. The van der Waals surface area contributed by atoms with Gasteiger partial charge in [0.1, 0.15) is 5.75 Å². The zero-order chi connectivity index (χ0) is 17.1. The van der Waals surface area contributed by atoms with Gasteiger partial charge in [-0.3, -0.25) is 4.79 Å². The van der Waals surface area contributed by atoms with Crippen LogP contribution in [0, 0.1) is 0 Å². The molecular formula is C18H12Br2ClNO2. The number of rotatable bonds is 4. The normalized spacial score (nSPS) is 10.6. The highest BCUT2D eigenvalue weighted by Crippen LogP contribution is 2.34. The number of ether oxygens (including phenoxy) is 1. The zero-order valence-corrected chi connectivity index (χ0v) is 16.3. The second-order valence-electron chi connectivity index (χ2n) is 5.09. The van der Waals surface area contributed by atoms with Gasteiger partial charge in [0.15, 0.2) is 6.61 Å².